The van der Waals surface area contributed by atoms with Crippen molar-refractivity contribution in [2.45, 2.75) is 44.9 Å². The average molecular weight is 256 g/mol. The summed E-state index contributed by atoms with van der Waals surface area (Å²) in [4.78, 5) is 27.1. The summed E-state index contributed by atoms with van der Waals surface area (Å²) < 4.78 is 5.06. The number of ether oxygens (including phenoxy) is 1. The Morgan fingerprint density at radius 1 is 1.50 bits per heavy atom. The van der Waals surface area contributed by atoms with Crippen molar-refractivity contribution >= 4 is 11.9 Å². The number of aliphatic hydroxyl groups excluding tert-OH is 1. The van der Waals surface area contributed by atoms with Gasteiger partial charge in [-0.05, 0) is 20.3 Å². The Labute approximate surface area is 106 Å². The molecule has 1 N–H and O–H groups in total. The fraction of sp³-hybridized carbons (Fsp3) is 0.833. The molecule has 0 aromatic carbocycles. The Morgan fingerprint density at radius 3 is 2.61 bits per heavy atom. The molecule has 2 saturated heterocycles. The van der Waals surface area contributed by atoms with Crippen LogP contribution >= 0.6 is 0 Å². The predicted molar refractivity (Wildman–Crippen MR) is 63.9 cm³/mol. The van der Waals surface area contributed by atoms with Gasteiger partial charge in [0.05, 0.1) is 25.4 Å². The number of imide groups is 1. The van der Waals surface area contributed by atoms with Crippen molar-refractivity contribution in [3.8, 4) is 0 Å². The summed E-state index contributed by atoms with van der Waals surface area (Å²) in [5.74, 6) is -0.216. The zero-order chi connectivity index (χ0) is 13.5. The van der Waals surface area contributed by atoms with Gasteiger partial charge in [-0.3, -0.25) is 9.69 Å². The van der Waals surface area contributed by atoms with Gasteiger partial charge in [0.15, 0.2) is 0 Å². The SMILES string of the molecule is CCC(O)CN1C(=O)N(CC2CO2)C(=O)C1(C)C. The predicted octanol–water partition coefficient (Wildman–Crippen LogP) is 0.199. The number of rotatable bonds is 5. The van der Waals surface area contributed by atoms with Gasteiger partial charge in [-0.2, -0.15) is 0 Å². The van der Waals surface area contributed by atoms with Gasteiger partial charge in [-0.15, -0.1) is 0 Å². The van der Waals surface area contributed by atoms with E-state index in [4.69, 9.17) is 4.74 Å². The first-order valence-electron chi connectivity index (χ1n) is 6.31. The molecule has 2 aliphatic rings. The standard InChI is InChI=1S/C12H20N2O4/c1-4-8(15)5-14-11(17)13(6-9-7-18-9)10(16)12(14,2)3/h8-9,15H,4-7H2,1-3H3. The molecule has 0 aromatic heterocycles. The summed E-state index contributed by atoms with van der Waals surface area (Å²) in [6.07, 6.45) is -0.0531. The number of epoxide rings is 1. The number of urea groups is 1. The number of aliphatic hydroxyl groups is 1. The first kappa shape index (κ1) is 13.3. The highest BCUT2D eigenvalue weighted by Gasteiger charge is 2.52. The monoisotopic (exact) mass is 256 g/mol. The van der Waals surface area contributed by atoms with E-state index in [9.17, 15) is 14.7 Å². The van der Waals surface area contributed by atoms with Crippen molar-refractivity contribution in [3.63, 3.8) is 0 Å². The molecule has 0 aliphatic carbocycles. The van der Waals surface area contributed by atoms with E-state index in [1.807, 2.05) is 6.92 Å². The maximum absolute atomic E-state index is 12.2. The van der Waals surface area contributed by atoms with E-state index >= 15 is 0 Å². The first-order valence-corrected chi connectivity index (χ1v) is 6.31. The molecule has 0 aromatic rings. The van der Waals surface area contributed by atoms with Crippen molar-refractivity contribution in [1.29, 1.82) is 0 Å². The third kappa shape index (κ3) is 2.22. The van der Waals surface area contributed by atoms with Crippen molar-refractivity contribution < 1.29 is 19.4 Å². The van der Waals surface area contributed by atoms with Crippen LogP contribution in [-0.4, -0.2) is 64.3 Å². The Bertz CT molecular complexity index is 365. The molecule has 2 atom stereocenters. The van der Waals surface area contributed by atoms with E-state index in [0.29, 0.717) is 19.6 Å². The van der Waals surface area contributed by atoms with Crippen LogP contribution in [0.2, 0.25) is 0 Å². The van der Waals surface area contributed by atoms with Crippen LogP contribution in [0, 0.1) is 0 Å². The molecule has 102 valence electrons. The highest BCUT2D eigenvalue weighted by Crippen LogP contribution is 2.29. The van der Waals surface area contributed by atoms with Gasteiger partial charge in [0.2, 0.25) is 0 Å². The van der Waals surface area contributed by atoms with E-state index in [1.165, 1.54) is 9.80 Å². The topological polar surface area (TPSA) is 73.4 Å². The van der Waals surface area contributed by atoms with Crippen molar-refractivity contribution in [2.75, 3.05) is 19.7 Å². The van der Waals surface area contributed by atoms with Crippen LogP contribution in [0.25, 0.3) is 0 Å². The molecule has 0 spiro atoms. The lowest BCUT2D eigenvalue weighted by molar-refractivity contribution is -0.132. The fourth-order valence-corrected chi connectivity index (χ4v) is 2.10. The molecule has 6 heteroatoms. The second-order valence-electron chi connectivity index (χ2n) is 5.39. The number of amides is 3. The maximum atomic E-state index is 12.2. The van der Waals surface area contributed by atoms with E-state index in [-0.39, 0.29) is 24.6 Å². The number of hydrogen-bond acceptors (Lipinski definition) is 4. The van der Waals surface area contributed by atoms with Crippen molar-refractivity contribution in [2.24, 2.45) is 0 Å². The lowest BCUT2D eigenvalue weighted by Gasteiger charge is -2.29. The van der Waals surface area contributed by atoms with Gasteiger partial charge in [-0.1, -0.05) is 6.92 Å². The number of hydrogen-bond donors (Lipinski definition) is 1. The first-order chi connectivity index (χ1) is 8.37. The Morgan fingerprint density at radius 2 is 2.11 bits per heavy atom. The van der Waals surface area contributed by atoms with Crippen LogP contribution in [0.5, 0.6) is 0 Å². The largest absolute Gasteiger partial charge is 0.391 e. The quantitative estimate of drug-likeness (QED) is 0.563. The number of β-amino-alcohol motifs (C(OH)–C–C–N with tert-alkyl or cyclic N) is 1. The highest BCUT2D eigenvalue weighted by molar-refractivity contribution is 6.06. The third-order valence-electron chi connectivity index (χ3n) is 3.56. The summed E-state index contributed by atoms with van der Waals surface area (Å²) >= 11 is 0. The molecule has 6 nitrogen and oxygen atoms in total. The molecule has 2 aliphatic heterocycles. The second-order valence-corrected chi connectivity index (χ2v) is 5.39. The normalized spacial score (nSPS) is 27.9. The minimum absolute atomic E-state index is 0.00949. The van der Waals surface area contributed by atoms with Gasteiger partial charge in [0.1, 0.15) is 5.54 Å². The second kappa shape index (κ2) is 4.51. The van der Waals surface area contributed by atoms with Crippen LogP contribution in [0.3, 0.4) is 0 Å². The van der Waals surface area contributed by atoms with E-state index in [0.717, 1.165) is 0 Å². The molecule has 0 saturated carbocycles. The summed E-state index contributed by atoms with van der Waals surface area (Å²) in [5, 5.41) is 9.69. The smallest absolute Gasteiger partial charge is 0.327 e. The van der Waals surface area contributed by atoms with E-state index in [2.05, 4.69) is 0 Å². The van der Waals surface area contributed by atoms with Crippen molar-refractivity contribution in [3.05, 3.63) is 0 Å². The molecule has 0 radical (unpaired) electrons. The minimum Gasteiger partial charge on any atom is -0.391 e. The molecular formula is C12H20N2O4. The van der Waals surface area contributed by atoms with E-state index in [1.54, 1.807) is 13.8 Å². The molecule has 0 bridgehead atoms. The molecule has 2 unspecified atom stereocenters. The zero-order valence-electron chi connectivity index (χ0n) is 11.0. The van der Waals surface area contributed by atoms with Crippen LogP contribution < -0.4 is 0 Å². The Kier molecular flexibility index (Phi) is 3.33. The zero-order valence-corrected chi connectivity index (χ0v) is 11.0. The van der Waals surface area contributed by atoms with Crippen LogP contribution in [0.15, 0.2) is 0 Å². The summed E-state index contributed by atoms with van der Waals surface area (Å²) in [6, 6.07) is -0.326. The Balaban J connectivity index is 2.13. The summed E-state index contributed by atoms with van der Waals surface area (Å²) in [6.45, 7) is 6.38. The van der Waals surface area contributed by atoms with Crippen molar-refractivity contribution in [1.82, 2.24) is 9.80 Å². The summed E-state index contributed by atoms with van der Waals surface area (Å²) in [5.41, 5.74) is -0.887. The molecule has 2 rings (SSSR count). The highest BCUT2D eigenvalue weighted by atomic mass is 16.6. The molecule has 18 heavy (non-hydrogen) atoms. The van der Waals surface area contributed by atoms with Gasteiger partial charge >= 0.3 is 6.03 Å². The summed E-state index contributed by atoms with van der Waals surface area (Å²) in [7, 11) is 0. The van der Waals surface area contributed by atoms with Gasteiger partial charge < -0.3 is 14.7 Å². The Hall–Kier alpha value is -1.14. The molecule has 2 heterocycles. The molecular weight excluding hydrogens is 236 g/mol. The molecule has 2 fully saturated rings. The number of carbonyl (C=O) groups excluding carboxylic acids is 2. The van der Waals surface area contributed by atoms with Crippen LogP contribution in [0.1, 0.15) is 27.2 Å². The van der Waals surface area contributed by atoms with Gasteiger partial charge in [-0.25, -0.2) is 4.79 Å². The fourth-order valence-electron chi connectivity index (χ4n) is 2.10. The third-order valence-corrected chi connectivity index (χ3v) is 3.56. The number of carbonyl (C=O) groups is 2. The van der Waals surface area contributed by atoms with Crippen LogP contribution in [-0.2, 0) is 9.53 Å². The maximum Gasteiger partial charge on any atom is 0.327 e. The lowest BCUT2D eigenvalue weighted by atomic mass is 10.0. The van der Waals surface area contributed by atoms with Gasteiger partial charge in [0.25, 0.3) is 5.91 Å². The van der Waals surface area contributed by atoms with E-state index < -0.39 is 11.6 Å². The molecule has 3 amide bonds. The average Bonchev–Trinajstić information content (AvgIpc) is 3.11. The minimum atomic E-state index is -0.887. The van der Waals surface area contributed by atoms with Crippen LogP contribution in [0.4, 0.5) is 4.79 Å². The lowest BCUT2D eigenvalue weighted by Crippen LogP contribution is -2.47. The number of nitrogens with zero attached hydrogens (tertiary/aromatic N) is 2. The van der Waals surface area contributed by atoms with Gasteiger partial charge in [0, 0.05) is 6.54 Å².